The lowest BCUT2D eigenvalue weighted by atomic mass is 10.1. The lowest BCUT2D eigenvalue weighted by Gasteiger charge is -2.34. The van der Waals surface area contributed by atoms with E-state index in [2.05, 4.69) is 42.5 Å². The SMILES string of the molecule is C=CCc1cccc(/C=N/NC(=O)CN2CCN(Cc3cccc(Cn4cc(C(=O)Nc5c(C)c6cc(S(=O)(=O)O)c(N)cc6oc5=O)nn4)c3)CC2)c1O. The molecule has 1 saturated heterocycles. The van der Waals surface area contributed by atoms with Gasteiger partial charge in [0, 0.05) is 49.7 Å². The van der Waals surface area contributed by atoms with Crippen molar-refractivity contribution in [2.75, 3.05) is 43.8 Å². The number of anilines is 2. The van der Waals surface area contributed by atoms with E-state index in [1.165, 1.54) is 24.0 Å². The van der Waals surface area contributed by atoms with E-state index in [9.17, 15) is 32.5 Å². The summed E-state index contributed by atoms with van der Waals surface area (Å²) < 4.78 is 39.8. The molecule has 2 aromatic heterocycles. The van der Waals surface area contributed by atoms with Crippen LogP contribution in [0.4, 0.5) is 11.4 Å². The molecule has 1 aliphatic rings. The van der Waals surface area contributed by atoms with Crippen molar-refractivity contribution >= 4 is 50.5 Å². The van der Waals surface area contributed by atoms with Crippen LogP contribution in [-0.4, -0.2) is 93.6 Å². The zero-order valence-corrected chi connectivity index (χ0v) is 30.6. The first-order valence-electron chi connectivity index (χ1n) is 17.1. The Hall–Kier alpha value is -6.21. The molecule has 3 aromatic carbocycles. The van der Waals surface area contributed by atoms with Gasteiger partial charge in [-0.3, -0.25) is 23.9 Å². The van der Waals surface area contributed by atoms with E-state index in [4.69, 9.17) is 10.2 Å². The summed E-state index contributed by atoms with van der Waals surface area (Å²) in [6.45, 7) is 9.31. The van der Waals surface area contributed by atoms with Crippen molar-refractivity contribution in [1.82, 2.24) is 30.2 Å². The standard InChI is InChI=1S/C37H39N9O8S/c1-3-6-26-9-5-10-27(35(26)48)18-39-42-33(47)22-45-13-11-44(12-14-45)19-24-7-4-8-25(15-24)20-46-21-30(41-43-46)36(49)40-34-23(2)28-16-32(55(51,52)53)29(38)17-31(28)54-37(34)50/h3-5,7-10,15-18,21,48H,1,6,11-14,19-20,22,38H2,2H3,(H,40,49)(H,42,47)(H,51,52,53)/b39-18+. The van der Waals surface area contributed by atoms with Crippen molar-refractivity contribution in [3.63, 3.8) is 0 Å². The molecule has 1 fully saturated rings. The number of carbonyl (C=O) groups is 2. The molecule has 0 radical (unpaired) electrons. The lowest BCUT2D eigenvalue weighted by molar-refractivity contribution is -0.122. The summed E-state index contributed by atoms with van der Waals surface area (Å²) in [5.74, 6) is -0.876. The highest BCUT2D eigenvalue weighted by Crippen LogP contribution is 2.29. The van der Waals surface area contributed by atoms with Crippen molar-refractivity contribution in [2.24, 2.45) is 5.10 Å². The topological polar surface area (TPSA) is 239 Å². The van der Waals surface area contributed by atoms with Crippen LogP contribution >= 0.6 is 0 Å². The molecule has 2 amide bonds. The zero-order chi connectivity index (χ0) is 39.3. The molecule has 6 N–H and O–H groups in total. The van der Waals surface area contributed by atoms with E-state index in [1.54, 1.807) is 18.2 Å². The summed E-state index contributed by atoms with van der Waals surface area (Å²) >= 11 is 0. The Bertz CT molecular complexity index is 2470. The average molecular weight is 770 g/mol. The summed E-state index contributed by atoms with van der Waals surface area (Å²) in [6.07, 6.45) is 5.08. The molecule has 1 aliphatic heterocycles. The molecule has 0 spiro atoms. The number of hydrazone groups is 1. The van der Waals surface area contributed by atoms with Crippen molar-refractivity contribution in [3.8, 4) is 5.75 Å². The Kier molecular flexibility index (Phi) is 11.5. The quantitative estimate of drug-likeness (QED) is 0.0289. The molecule has 0 atom stereocenters. The van der Waals surface area contributed by atoms with Gasteiger partial charge in [0.2, 0.25) is 0 Å². The summed E-state index contributed by atoms with van der Waals surface area (Å²) in [4.78, 5) is 42.1. The third-order valence-electron chi connectivity index (χ3n) is 9.07. The molecule has 0 unspecified atom stereocenters. The number of hydrogen-bond acceptors (Lipinski definition) is 13. The highest BCUT2D eigenvalue weighted by atomic mass is 32.2. The average Bonchev–Trinajstić information content (AvgIpc) is 3.60. The van der Waals surface area contributed by atoms with E-state index in [-0.39, 0.29) is 51.8 Å². The highest BCUT2D eigenvalue weighted by Gasteiger charge is 2.22. The van der Waals surface area contributed by atoms with Gasteiger partial charge in [-0.05, 0) is 47.7 Å². The van der Waals surface area contributed by atoms with Crippen LogP contribution < -0.4 is 22.1 Å². The maximum absolute atomic E-state index is 13.1. The summed E-state index contributed by atoms with van der Waals surface area (Å²) in [6, 6.07) is 15.4. The van der Waals surface area contributed by atoms with Gasteiger partial charge in [-0.15, -0.1) is 11.7 Å². The molecule has 5 aromatic rings. The predicted molar refractivity (Wildman–Crippen MR) is 204 cm³/mol. The first-order valence-corrected chi connectivity index (χ1v) is 18.5. The summed E-state index contributed by atoms with van der Waals surface area (Å²) in [5.41, 5.74) is 10.2. The Morgan fingerprint density at radius 3 is 2.49 bits per heavy atom. The van der Waals surface area contributed by atoms with Crippen LogP contribution in [0.25, 0.3) is 11.0 Å². The minimum atomic E-state index is -4.66. The maximum atomic E-state index is 13.1. The van der Waals surface area contributed by atoms with Crippen LogP contribution in [0, 0.1) is 6.92 Å². The number of benzene rings is 3. The number of aryl methyl sites for hydroxylation is 1. The number of nitrogens with two attached hydrogens (primary N) is 1. The number of aromatic hydroxyl groups is 1. The van der Waals surface area contributed by atoms with Gasteiger partial charge in [-0.1, -0.05) is 47.7 Å². The largest absolute Gasteiger partial charge is 0.507 e. The number of piperazine rings is 1. The van der Waals surface area contributed by atoms with Crippen molar-refractivity contribution in [1.29, 1.82) is 0 Å². The van der Waals surface area contributed by atoms with E-state index in [0.717, 1.165) is 41.9 Å². The van der Waals surface area contributed by atoms with Gasteiger partial charge in [-0.25, -0.2) is 14.9 Å². The fourth-order valence-corrected chi connectivity index (χ4v) is 6.87. The number of nitrogen functional groups attached to an aromatic ring is 1. The van der Waals surface area contributed by atoms with E-state index in [1.807, 2.05) is 30.3 Å². The number of allylic oxidation sites excluding steroid dienone is 1. The van der Waals surface area contributed by atoms with Crippen molar-refractivity contribution in [3.05, 3.63) is 117 Å². The summed E-state index contributed by atoms with van der Waals surface area (Å²) in [7, 11) is -4.66. The van der Waals surface area contributed by atoms with Crippen LogP contribution in [0.15, 0.2) is 92.7 Å². The van der Waals surface area contributed by atoms with Gasteiger partial charge in [0.15, 0.2) is 5.69 Å². The number of amides is 2. The number of hydrogen-bond donors (Lipinski definition) is 5. The number of phenols is 1. The second-order valence-electron chi connectivity index (χ2n) is 13.0. The second kappa shape index (κ2) is 16.4. The number of para-hydroxylation sites is 1. The zero-order valence-electron chi connectivity index (χ0n) is 29.8. The molecule has 3 heterocycles. The predicted octanol–water partition coefficient (Wildman–Crippen LogP) is 2.52. The maximum Gasteiger partial charge on any atom is 0.360 e. The Labute approximate surface area is 315 Å². The Morgan fingerprint density at radius 2 is 1.76 bits per heavy atom. The molecular formula is C37H39N9O8S. The van der Waals surface area contributed by atoms with Gasteiger partial charge in [-0.2, -0.15) is 13.5 Å². The van der Waals surface area contributed by atoms with Gasteiger partial charge < -0.3 is 20.6 Å². The van der Waals surface area contributed by atoms with Crippen LogP contribution in [-0.2, 0) is 34.4 Å². The van der Waals surface area contributed by atoms with Crippen LogP contribution in [0.5, 0.6) is 5.75 Å². The van der Waals surface area contributed by atoms with Crippen molar-refractivity contribution in [2.45, 2.75) is 31.3 Å². The molecule has 17 nitrogen and oxygen atoms in total. The Morgan fingerprint density at radius 1 is 1.05 bits per heavy atom. The normalized spacial score (nSPS) is 14.0. The molecule has 0 saturated carbocycles. The van der Waals surface area contributed by atoms with Gasteiger partial charge >= 0.3 is 5.63 Å². The molecule has 0 aliphatic carbocycles. The van der Waals surface area contributed by atoms with Gasteiger partial charge in [0.25, 0.3) is 21.9 Å². The van der Waals surface area contributed by atoms with E-state index >= 15 is 0 Å². The third-order valence-corrected chi connectivity index (χ3v) is 9.98. The molecule has 6 rings (SSSR count). The fourth-order valence-electron chi connectivity index (χ4n) is 6.24. The smallest absolute Gasteiger partial charge is 0.360 e. The van der Waals surface area contributed by atoms with Crippen LogP contribution in [0.1, 0.15) is 38.3 Å². The number of carbonyl (C=O) groups excluding carboxylic acids is 2. The van der Waals surface area contributed by atoms with E-state index < -0.39 is 26.5 Å². The number of phenolic OH excluding ortho intramolecular Hbond substituents is 1. The second-order valence-corrected chi connectivity index (χ2v) is 14.4. The highest BCUT2D eigenvalue weighted by molar-refractivity contribution is 7.86. The number of nitrogens with zero attached hydrogens (tertiary/aromatic N) is 6. The molecule has 286 valence electrons. The molecule has 0 bridgehead atoms. The molecule has 55 heavy (non-hydrogen) atoms. The van der Waals surface area contributed by atoms with Gasteiger partial charge in [0.05, 0.1) is 31.2 Å². The number of nitrogens with one attached hydrogen (secondary N) is 2. The van der Waals surface area contributed by atoms with E-state index in [0.29, 0.717) is 38.2 Å². The lowest BCUT2D eigenvalue weighted by Crippen LogP contribution is -2.48. The Balaban J connectivity index is 1.00. The minimum absolute atomic E-state index is 0.0199. The summed E-state index contributed by atoms with van der Waals surface area (Å²) in [5, 5.41) is 25.0. The third kappa shape index (κ3) is 9.30. The first-order chi connectivity index (χ1) is 26.3. The van der Waals surface area contributed by atoms with Crippen molar-refractivity contribution < 1.29 is 32.1 Å². The molecular weight excluding hydrogens is 731 g/mol. The number of rotatable bonds is 13. The minimum Gasteiger partial charge on any atom is -0.507 e. The van der Waals surface area contributed by atoms with Crippen LogP contribution in [0.3, 0.4) is 0 Å². The fraction of sp³-hybridized carbons (Fsp3) is 0.243. The number of fused-ring (bicyclic) bond motifs is 1. The first kappa shape index (κ1) is 38.5. The van der Waals surface area contributed by atoms with Gasteiger partial charge in [0.1, 0.15) is 21.9 Å². The number of aromatic nitrogens is 3. The monoisotopic (exact) mass is 769 g/mol. The van der Waals surface area contributed by atoms with Crippen LogP contribution in [0.2, 0.25) is 0 Å². The molecule has 18 heteroatoms.